The summed E-state index contributed by atoms with van der Waals surface area (Å²) in [5.41, 5.74) is -0.284. The summed E-state index contributed by atoms with van der Waals surface area (Å²) in [6, 6.07) is 0. The second kappa shape index (κ2) is 4.07. The van der Waals surface area contributed by atoms with Crippen molar-refractivity contribution in [2.45, 2.75) is 52.9 Å². The Morgan fingerprint density at radius 3 is 2.32 bits per heavy atom. The van der Waals surface area contributed by atoms with Crippen LogP contribution in [0, 0.1) is 22.7 Å². The van der Waals surface area contributed by atoms with Gasteiger partial charge in [-0.25, -0.2) is 0 Å². The third-order valence-corrected chi connectivity index (χ3v) is 6.47. The van der Waals surface area contributed by atoms with E-state index in [1.165, 1.54) is 6.42 Å². The van der Waals surface area contributed by atoms with Gasteiger partial charge in [-0.05, 0) is 43.4 Å². The van der Waals surface area contributed by atoms with Gasteiger partial charge in [0.25, 0.3) is 0 Å². The molecule has 19 heavy (non-hydrogen) atoms. The van der Waals surface area contributed by atoms with Crippen molar-refractivity contribution in [2.75, 3.05) is 13.1 Å². The Balaban J connectivity index is 1.86. The van der Waals surface area contributed by atoms with E-state index in [1.807, 2.05) is 4.90 Å². The highest BCUT2D eigenvalue weighted by molar-refractivity contribution is 6.07. The van der Waals surface area contributed by atoms with Gasteiger partial charge in [-0.3, -0.25) is 9.59 Å². The third-order valence-electron chi connectivity index (χ3n) is 6.47. The molecule has 1 aliphatic heterocycles. The molecule has 0 aromatic rings. The predicted octanol–water partition coefficient (Wildman–Crippen LogP) is 2.64. The number of carbonyl (C=O) groups is 2. The Labute approximate surface area is 115 Å². The quantitative estimate of drug-likeness (QED) is 0.682. The lowest BCUT2D eigenvalue weighted by molar-refractivity contribution is -0.145. The molecule has 3 aliphatic rings. The van der Waals surface area contributed by atoms with E-state index in [-0.39, 0.29) is 34.4 Å². The number of hydrogen-bond acceptors (Lipinski definition) is 2. The Kier molecular flexibility index (Phi) is 2.81. The van der Waals surface area contributed by atoms with E-state index in [1.54, 1.807) is 0 Å². The molecule has 0 N–H and O–H groups in total. The topological polar surface area (TPSA) is 37.4 Å². The Bertz CT molecular complexity index is 422. The third kappa shape index (κ3) is 1.56. The number of amides is 1. The first-order chi connectivity index (χ1) is 8.89. The Morgan fingerprint density at radius 1 is 1.16 bits per heavy atom. The van der Waals surface area contributed by atoms with Gasteiger partial charge >= 0.3 is 0 Å². The molecule has 3 nitrogen and oxygen atoms in total. The van der Waals surface area contributed by atoms with E-state index in [0.29, 0.717) is 0 Å². The normalized spacial score (nSPS) is 40.8. The Morgan fingerprint density at radius 2 is 1.79 bits per heavy atom. The molecule has 3 fully saturated rings. The molecule has 1 amide bonds. The average molecular weight is 263 g/mol. The molecular formula is C16H25NO2. The second-order valence-corrected chi connectivity index (χ2v) is 7.43. The van der Waals surface area contributed by atoms with E-state index >= 15 is 0 Å². The highest BCUT2D eigenvalue weighted by atomic mass is 16.2. The number of fused-ring (bicyclic) bond motifs is 2. The first-order valence-electron chi connectivity index (χ1n) is 7.73. The summed E-state index contributed by atoms with van der Waals surface area (Å²) in [6.45, 7) is 8.16. The predicted molar refractivity (Wildman–Crippen MR) is 73.5 cm³/mol. The van der Waals surface area contributed by atoms with Gasteiger partial charge in [0.15, 0.2) is 5.78 Å². The number of nitrogens with zero attached hydrogens (tertiary/aromatic N) is 1. The Hall–Kier alpha value is -0.860. The molecule has 1 heterocycles. The number of rotatable bonds is 1. The van der Waals surface area contributed by atoms with Gasteiger partial charge in [-0.1, -0.05) is 20.8 Å². The number of Topliss-reactive ketones (excluding diaryl/α,β-unsaturated/α-hetero) is 1. The number of hydrogen-bond donors (Lipinski definition) is 0. The fourth-order valence-corrected chi connectivity index (χ4v) is 4.68. The summed E-state index contributed by atoms with van der Waals surface area (Å²) in [4.78, 5) is 27.4. The zero-order chi connectivity index (χ0) is 13.8. The molecule has 2 aliphatic carbocycles. The van der Waals surface area contributed by atoms with Crippen LogP contribution >= 0.6 is 0 Å². The first-order valence-corrected chi connectivity index (χ1v) is 7.73. The molecule has 2 saturated carbocycles. The number of likely N-dealkylation sites (tertiary alicyclic amines) is 1. The van der Waals surface area contributed by atoms with Crippen LogP contribution in [0.4, 0.5) is 0 Å². The van der Waals surface area contributed by atoms with Gasteiger partial charge in [0.1, 0.15) is 5.92 Å². The summed E-state index contributed by atoms with van der Waals surface area (Å²) >= 11 is 0. The molecule has 0 spiro atoms. The van der Waals surface area contributed by atoms with Crippen LogP contribution in [0.2, 0.25) is 0 Å². The maximum atomic E-state index is 12.7. The summed E-state index contributed by atoms with van der Waals surface area (Å²) in [5, 5.41) is 0. The van der Waals surface area contributed by atoms with Crippen LogP contribution in [-0.4, -0.2) is 29.7 Å². The largest absolute Gasteiger partial charge is 0.342 e. The van der Waals surface area contributed by atoms with E-state index in [4.69, 9.17) is 0 Å². The SMILES string of the molecule is CC12CCC(C(C(=O)N3CCCCC3)C1=O)C2(C)C. The summed E-state index contributed by atoms with van der Waals surface area (Å²) < 4.78 is 0. The molecule has 0 aromatic carbocycles. The first kappa shape index (κ1) is 13.1. The summed E-state index contributed by atoms with van der Waals surface area (Å²) in [7, 11) is 0. The van der Waals surface area contributed by atoms with Gasteiger partial charge in [0.2, 0.25) is 5.91 Å². The lowest BCUT2D eigenvalue weighted by Gasteiger charge is -2.32. The van der Waals surface area contributed by atoms with Crippen molar-refractivity contribution in [3.05, 3.63) is 0 Å². The van der Waals surface area contributed by atoms with E-state index in [9.17, 15) is 9.59 Å². The van der Waals surface area contributed by atoms with Crippen molar-refractivity contribution in [3.8, 4) is 0 Å². The van der Waals surface area contributed by atoms with Gasteiger partial charge in [0.05, 0.1) is 0 Å². The molecule has 3 rings (SSSR count). The zero-order valence-corrected chi connectivity index (χ0v) is 12.4. The van der Waals surface area contributed by atoms with Gasteiger partial charge in [0, 0.05) is 18.5 Å². The van der Waals surface area contributed by atoms with Crippen molar-refractivity contribution in [2.24, 2.45) is 22.7 Å². The molecular weight excluding hydrogens is 238 g/mol. The van der Waals surface area contributed by atoms with Crippen LogP contribution in [-0.2, 0) is 9.59 Å². The highest BCUT2D eigenvalue weighted by Gasteiger charge is 2.68. The van der Waals surface area contributed by atoms with Crippen molar-refractivity contribution in [1.29, 1.82) is 0 Å². The van der Waals surface area contributed by atoms with Crippen LogP contribution in [0.3, 0.4) is 0 Å². The van der Waals surface area contributed by atoms with Crippen molar-refractivity contribution in [3.63, 3.8) is 0 Å². The number of carbonyl (C=O) groups excluding carboxylic acids is 2. The van der Waals surface area contributed by atoms with E-state index in [2.05, 4.69) is 20.8 Å². The van der Waals surface area contributed by atoms with Crippen molar-refractivity contribution >= 4 is 11.7 Å². The molecule has 3 unspecified atom stereocenters. The van der Waals surface area contributed by atoms with Crippen molar-refractivity contribution < 1.29 is 9.59 Å². The molecule has 2 bridgehead atoms. The van der Waals surface area contributed by atoms with E-state index < -0.39 is 0 Å². The van der Waals surface area contributed by atoms with Gasteiger partial charge < -0.3 is 4.90 Å². The van der Waals surface area contributed by atoms with Crippen LogP contribution in [0.15, 0.2) is 0 Å². The highest BCUT2D eigenvalue weighted by Crippen LogP contribution is 2.65. The van der Waals surface area contributed by atoms with Crippen LogP contribution in [0.1, 0.15) is 52.9 Å². The van der Waals surface area contributed by atoms with Crippen molar-refractivity contribution in [1.82, 2.24) is 4.90 Å². The standard InChI is InChI=1S/C16H25NO2/c1-15(2)11-7-8-16(15,3)13(18)12(11)14(19)17-9-5-4-6-10-17/h11-12H,4-10H2,1-3H3. The average Bonchev–Trinajstić information content (AvgIpc) is 2.71. The summed E-state index contributed by atoms with van der Waals surface area (Å²) in [6.07, 6.45) is 5.41. The molecule has 106 valence electrons. The molecule has 0 aromatic heterocycles. The molecule has 3 heteroatoms. The number of ketones is 1. The minimum absolute atomic E-state index is 0.0137. The molecule has 0 radical (unpaired) electrons. The summed E-state index contributed by atoms with van der Waals surface area (Å²) in [5.74, 6) is 0.279. The van der Waals surface area contributed by atoms with Gasteiger partial charge in [-0.15, -0.1) is 0 Å². The van der Waals surface area contributed by atoms with Gasteiger partial charge in [-0.2, -0.15) is 0 Å². The van der Waals surface area contributed by atoms with Crippen LogP contribution in [0.25, 0.3) is 0 Å². The fourth-order valence-electron chi connectivity index (χ4n) is 4.68. The lowest BCUT2D eigenvalue weighted by atomic mass is 9.70. The second-order valence-electron chi connectivity index (χ2n) is 7.43. The molecule has 1 saturated heterocycles. The van der Waals surface area contributed by atoms with Crippen LogP contribution in [0.5, 0.6) is 0 Å². The smallest absolute Gasteiger partial charge is 0.233 e. The lowest BCUT2D eigenvalue weighted by Crippen LogP contribution is -2.45. The van der Waals surface area contributed by atoms with Crippen LogP contribution < -0.4 is 0 Å². The zero-order valence-electron chi connectivity index (χ0n) is 12.4. The maximum Gasteiger partial charge on any atom is 0.233 e. The monoisotopic (exact) mass is 263 g/mol. The van der Waals surface area contributed by atoms with E-state index in [0.717, 1.165) is 38.8 Å². The molecule has 3 atom stereocenters. The minimum atomic E-state index is -0.341. The minimum Gasteiger partial charge on any atom is -0.342 e. The number of piperidine rings is 1. The fraction of sp³-hybridized carbons (Fsp3) is 0.875. The maximum absolute atomic E-state index is 12.7.